The highest BCUT2D eigenvalue weighted by Crippen LogP contribution is 2.34. The molecule has 19 heavy (non-hydrogen) atoms. The second kappa shape index (κ2) is 6.35. The first kappa shape index (κ1) is 13.6. The molecule has 2 aromatic rings. The number of hydrogen-bond acceptors (Lipinski definition) is 1. The van der Waals surface area contributed by atoms with E-state index in [2.05, 4.69) is 25.6 Å². The number of benzene rings is 2. The number of rotatable bonds is 5. The van der Waals surface area contributed by atoms with Gasteiger partial charge >= 0.3 is 0 Å². The third-order valence-electron chi connectivity index (χ3n) is 3.68. The smallest absolute Gasteiger partial charge is 0.0858 e. The summed E-state index contributed by atoms with van der Waals surface area (Å²) >= 11 is 0. The van der Waals surface area contributed by atoms with Crippen LogP contribution in [0, 0.1) is 5.92 Å². The molecule has 0 fully saturated rings. The molecule has 1 N–H and O–H groups in total. The summed E-state index contributed by atoms with van der Waals surface area (Å²) in [6.07, 6.45) is 1.34. The zero-order chi connectivity index (χ0) is 13.7. The minimum atomic E-state index is -0.520. The fourth-order valence-electron chi connectivity index (χ4n) is 2.46. The first-order chi connectivity index (χ1) is 9.24. The SMILES string of the molecule is C=C[C@H]([C@H](C)c1ccccc1)[C@H](O)c1ccccc1. The van der Waals surface area contributed by atoms with Crippen LogP contribution in [0.2, 0.25) is 0 Å². The fourth-order valence-corrected chi connectivity index (χ4v) is 2.46. The summed E-state index contributed by atoms with van der Waals surface area (Å²) in [5, 5.41) is 10.5. The van der Waals surface area contributed by atoms with Crippen molar-refractivity contribution in [3.05, 3.63) is 84.4 Å². The second-order valence-electron chi connectivity index (χ2n) is 4.87. The standard InChI is InChI=1S/C18H20O/c1-3-17(14(2)15-10-6-4-7-11-15)18(19)16-12-8-5-9-13-16/h3-14,17-19H,1H2,2H3/t14-,17-,18-/m1/s1. The molecular formula is C18H20O. The van der Waals surface area contributed by atoms with Crippen molar-refractivity contribution in [3.8, 4) is 0 Å². The van der Waals surface area contributed by atoms with Crippen LogP contribution in [0.1, 0.15) is 30.1 Å². The van der Waals surface area contributed by atoms with Crippen molar-refractivity contribution < 1.29 is 5.11 Å². The van der Waals surface area contributed by atoms with Crippen molar-refractivity contribution in [1.29, 1.82) is 0 Å². The molecule has 0 saturated carbocycles. The monoisotopic (exact) mass is 252 g/mol. The minimum absolute atomic E-state index is 0.00444. The normalized spacial score (nSPS) is 15.5. The molecule has 2 rings (SSSR count). The topological polar surface area (TPSA) is 20.2 Å². The molecule has 1 nitrogen and oxygen atoms in total. The summed E-state index contributed by atoms with van der Waals surface area (Å²) in [5.74, 6) is 0.235. The van der Waals surface area contributed by atoms with Crippen LogP contribution in [0.15, 0.2) is 73.3 Å². The zero-order valence-electron chi connectivity index (χ0n) is 11.2. The van der Waals surface area contributed by atoms with Crippen molar-refractivity contribution in [2.45, 2.75) is 18.9 Å². The summed E-state index contributed by atoms with van der Waals surface area (Å²) in [6.45, 7) is 6.03. The van der Waals surface area contributed by atoms with Crippen LogP contribution in [0.5, 0.6) is 0 Å². The van der Waals surface area contributed by atoms with E-state index in [0.717, 1.165) is 5.56 Å². The van der Waals surface area contributed by atoms with Gasteiger partial charge in [0.05, 0.1) is 6.10 Å². The molecule has 2 aromatic carbocycles. The van der Waals surface area contributed by atoms with E-state index in [4.69, 9.17) is 0 Å². The lowest BCUT2D eigenvalue weighted by atomic mass is 9.81. The molecule has 98 valence electrons. The molecule has 0 spiro atoms. The van der Waals surface area contributed by atoms with Crippen LogP contribution in [-0.2, 0) is 0 Å². The second-order valence-corrected chi connectivity index (χ2v) is 4.87. The Morgan fingerprint density at radius 3 is 1.84 bits per heavy atom. The van der Waals surface area contributed by atoms with E-state index in [1.54, 1.807) is 0 Å². The molecule has 0 bridgehead atoms. The Hall–Kier alpha value is -1.86. The first-order valence-corrected chi connectivity index (χ1v) is 6.64. The maximum atomic E-state index is 10.5. The molecule has 0 aliphatic heterocycles. The summed E-state index contributed by atoms with van der Waals surface area (Å²) in [4.78, 5) is 0. The van der Waals surface area contributed by atoms with Gasteiger partial charge < -0.3 is 5.11 Å². The number of aliphatic hydroxyl groups is 1. The van der Waals surface area contributed by atoms with Gasteiger partial charge in [0.1, 0.15) is 0 Å². The van der Waals surface area contributed by atoms with Gasteiger partial charge in [-0.3, -0.25) is 0 Å². The van der Waals surface area contributed by atoms with Gasteiger partial charge in [0.15, 0.2) is 0 Å². The third kappa shape index (κ3) is 3.12. The van der Waals surface area contributed by atoms with Crippen LogP contribution in [0.3, 0.4) is 0 Å². The Bertz CT molecular complexity index is 458. The predicted molar refractivity (Wildman–Crippen MR) is 79.9 cm³/mol. The van der Waals surface area contributed by atoms with Crippen molar-refractivity contribution in [1.82, 2.24) is 0 Å². The highest BCUT2D eigenvalue weighted by molar-refractivity contribution is 5.25. The van der Waals surface area contributed by atoms with Gasteiger partial charge in [0.25, 0.3) is 0 Å². The molecule has 0 aliphatic carbocycles. The van der Waals surface area contributed by atoms with E-state index >= 15 is 0 Å². The lowest BCUT2D eigenvalue weighted by Crippen LogP contribution is -2.17. The molecule has 0 amide bonds. The van der Waals surface area contributed by atoms with Gasteiger partial charge in [0, 0.05) is 5.92 Å². The van der Waals surface area contributed by atoms with Crippen LogP contribution >= 0.6 is 0 Å². The van der Waals surface area contributed by atoms with Crippen molar-refractivity contribution in [3.63, 3.8) is 0 Å². The van der Waals surface area contributed by atoms with Crippen LogP contribution in [0.4, 0.5) is 0 Å². The number of hydrogen-bond donors (Lipinski definition) is 1. The van der Waals surface area contributed by atoms with Gasteiger partial charge in [-0.05, 0) is 17.0 Å². The Balaban J connectivity index is 2.23. The molecule has 0 unspecified atom stereocenters. The first-order valence-electron chi connectivity index (χ1n) is 6.64. The molecule has 1 heteroatoms. The highest BCUT2D eigenvalue weighted by atomic mass is 16.3. The van der Waals surface area contributed by atoms with Crippen LogP contribution in [0.25, 0.3) is 0 Å². The fraction of sp³-hybridized carbons (Fsp3) is 0.222. The van der Waals surface area contributed by atoms with E-state index in [9.17, 15) is 5.11 Å². The highest BCUT2D eigenvalue weighted by Gasteiger charge is 2.24. The number of aliphatic hydroxyl groups excluding tert-OH is 1. The Kier molecular flexibility index (Phi) is 4.53. The Morgan fingerprint density at radius 2 is 1.37 bits per heavy atom. The van der Waals surface area contributed by atoms with Gasteiger partial charge in [-0.15, -0.1) is 6.58 Å². The van der Waals surface area contributed by atoms with Crippen LogP contribution < -0.4 is 0 Å². The minimum Gasteiger partial charge on any atom is -0.388 e. The van der Waals surface area contributed by atoms with E-state index in [1.165, 1.54) is 5.56 Å². The predicted octanol–water partition coefficient (Wildman–Crippen LogP) is 4.33. The van der Waals surface area contributed by atoms with Crippen LogP contribution in [-0.4, -0.2) is 5.11 Å². The lowest BCUT2D eigenvalue weighted by molar-refractivity contribution is 0.120. The maximum absolute atomic E-state index is 10.5. The van der Waals surface area contributed by atoms with E-state index in [0.29, 0.717) is 0 Å². The van der Waals surface area contributed by atoms with Gasteiger partial charge in [-0.25, -0.2) is 0 Å². The van der Waals surface area contributed by atoms with Gasteiger partial charge in [-0.1, -0.05) is 73.7 Å². The molecule has 0 heterocycles. The molecular weight excluding hydrogens is 232 g/mol. The zero-order valence-corrected chi connectivity index (χ0v) is 11.2. The molecule has 3 atom stereocenters. The van der Waals surface area contributed by atoms with Crippen molar-refractivity contribution >= 4 is 0 Å². The molecule has 0 aromatic heterocycles. The molecule has 0 aliphatic rings. The van der Waals surface area contributed by atoms with Crippen molar-refractivity contribution in [2.24, 2.45) is 5.92 Å². The third-order valence-corrected chi connectivity index (χ3v) is 3.68. The average molecular weight is 252 g/mol. The molecule has 0 radical (unpaired) electrons. The van der Waals surface area contributed by atoms with E-state index in [-0.39, 0.29) is 11.8 Å². The van der Waals surface area contributed by atoms with E-state index in [1.807, 2.05) is 54.6 Å². The van der Waals surface area contributed by atoms with Gasteiger partial charge in [-0.2, -0.15) is 0 Å². The lowest BCUT2D eigenvalue weighted by Gasteiger charge is -2.26. The largest absolute Gasteiger partial charge is 0.388 e. The Morgan fingerprint density at radius 1 is 0.895 bits per heavy atom. The summed E-state index contributed by atoms with van der Waals surface area (Å²) in [5.41, 5.74) is 2.16. The van der Waals surface area contributed by atoms with E-state index < -0.39 is 6.10 Å². The summed E-state index contributed by atoms with van der Waals surface area (Å²) < 4.78 is 0. The average Bonchev–Trinajstić information content (AvgIpc) is 2.49. The van der Waals surface area contributed by atoms with Gasteiger partial charge in [0.2, 0.25) is 0 Å². The Labute approximate surface area is 115 Å². The maximum Gasteiger partial charge on any atom is 0.0858 e. The quantitative estimate of drug-likeness (QED) is 0.785. The summed E-state index contributed by atoms with van der Waals surface area (Å²) in [7, 11) is 0. The molecule has 0 saturated heterocycles. The van der Waals surface area contributed by atoms with Crippen molar-refractivity contribution in [2.75, 3.05) is 0 Å². The summed E-state index contributed by atoms with van der Waals surface area (Å²) in [6, 6.07) is 20.0.